The Morgan fingerprint density at radius 2 is 1.79 bits per heavy atom. The summed E-state index contributed by atoms with van der Waals surface area (Å²) >= 11 is 0. The lowest BCUT2D eigenvalue weighted by Gasteiger charge is -2.24. The first-order chi connectivity index (χ1) is 13.5. The van der Waals surface area contributed by atoms with Crippen LogP contribution in [0.25, 0.3) is 11.0 Å². The molecule has 28 heavy (non-hydrogen) atoms. The number of aryl methyl sites for hydroxylation is 2. The number of phenolic OH excluding ortho intramolecular Hbond substituents is 1. The SMILES string of the molecule is Cc1cc([C@@H]2N=C(N)Nc3nc4cc5c(cc4n32)OCCCO5)cc(C)c1O. The Morgan fingerprint density at radius 1 is 1.11 bits per heavy atom. The molecule has 0 radical (unpaired) electrons. The molecule has 0 amide bonds. The number of imidazole rings is 1. The van der Waals surface area contributed by atoms with Crippen LogP contribution in [0.2, 0.25) is 0 Å². The molecule has 2 aliphatic heterocycles. The third kappa shape index (κ3) is 2.52. The van der Waals surface area contributed by atoms with Crippen molar-refractivity contribution >= 4 is 22.9 Å². The molecule has 0 saturated heterocycles. The van der Waals surface area contributed by atoms with Gasteiger partial charge >= 0.3 is 0 Å². The van der Waals surface area contributed by atoms with Gasteiger partial charge in [-0.3, -0.25) is 9.88 Å². The second-order valence-corrected chi connectivity index (χ2v) is 7.16. The van der Waals surface area contributed by atoms with Crippen LogP contribution >= 0.6 is 0 Å². The third-order valence-electron chi connectivity index (χ3n) is 5.12. The van der Waals surface area contributed by atoms with E-state index in [2.05, 4.69) is 15.3 Å². The van der Waals surface area contributed by atoms with Crippen molar-refractivity contribution in [2.45, 2.75) is 26.4 Å². The molecule has 4 N–H and O–H groups in total. The van der Waals surface area contributed by atoms with Crippen molar-refractivity contribution in [2.24, 2.45) is 10.7 Å². The summed E-state index contributed by atoms with van der Waals surface area (Å²) < 4.78 is 13.6. The van der Waals surface area contributed by atoms with Crippen molar-refractivity contribution in [2.75, 3.05) is 18.5 Å². The van der Waals surface area contributed by atoms with Gasteiger partial charge in [-0.05, 0) is 42.7 Å². The van der Waals surface area contributed by atoms with Crippen molar-refractivity contribution in [1.82, 2.24) is 9.55 Å². The molecule has 8 nitrogen and oxygen atoms in total. The van der Waals surface area contributed by atoms with Crippen LogP contribution in [0.3, 0.4) is 0 Å². The Morgan fingerprint density at radius 3 is 2.50 bits per heavy atom. The summed E-state index contributed by atoms with van der Waals surface area (Å²) in [6.45, 7) is 4.98. The number of guanidine groups is 1. The fourth-order valence-electron chi connectivity index (χ4n) is 3.79. The fraction of sp³-hybridized carbons (Fsp3) is 0.300. The lowest BCUT2D eigenvalue weighted by atomic mass is 10.0. The minimum atomic E-state index is -0.399. The molecule has 0 bridgehead atoms. The van der Waals surface area contributed by atoms with Gasteiger partial charge in [0.15, 0.2) is 23.6 Å². The highest BCUT2D eigenvalue weighted by atomic mass is 16.5. The number of hydrogen-bond acceptors (Lipinski definition) is 7. The molecule has 2 aromatic carbocycles. The Balaban J connectivity index is 1.72. The van der Waals surface area contributed by atoms with Gasteiger partial charge in [-0.25, -0.2) is 9.98 Å². The summed E-state index contributed by atoms with van der Waals surface area (Å²) in [5.41, 5.74) is 10.2. The topological polar surface area (TPSA) is 107 Å². The van der Waals surface area contributed by atoms with Gasteiger partial charge in [0, 0.05) is 18.6 Å². The van der Waals surface area contributed by atoms with E-state index in [1.807, 2.05) is 42.7 Å². The van der Waals surface area contributed by atoms with Crippen molar-refractivity contribution in [1.29, 1.82) is 0 Å². The first kappa shape index (κ1) is 16.7. The predicted molar refractivity (Wildman–Crippen MR) is 106 cm³/mol. The van der Waals surface area contributed by atoms with Gasteiger partial charge in [-0.1, -0.05) is 0 Å². The van der Waals surface area contributed by atoms with Gasteiger partial charge in [0.25, 0.3) is 0 Å². The zero-order valence-electron chi connectivity index (χ0n) is 15.7. The Labute approximate surface area is 161 Å². The normalized spacial score (nSPS) is 18.2. The highest BCUT2D eigenvalue weighted by Gasteiger charge is 2.27. The maximum absolute atomic E-state index is 10.1. The number of nitrogens with one attached hydrogen (secondary N) is 1. The maximum atomic E-state index is 10.1. The van der Waals surface area contributed by atoms with Crippen molar-refractivity contribution in [3.63, 3.8) is 0 Å². The number of aliphatic imine (C=N–C) groups is 1. The molecule has 1 atom stereocenters. The summed E-state index contributed by atoms with van der Waals surface area (Å²) in [6, 6.07) is 7.68. The van der Waals surface area contributed by atoms with Gasteiger partial charge < -0.3 is 20.3 Å². The molecule has 8 heteroatoms. The van der Waals surface area contributed by atoms with Crippen molar-refractivity contribution < 1.29 is 14.6 Å². The molecule has 2 aliphatic rings. The molecule has 0 saturated carbocycles. The van der Waals surface area contributed by atoms with E-state index in [4.69, 9.17) is 15.2 Å². The lowest BCUT2D eigenvalue weighted by Crippen LogP contribution is -2.31. The number of rotatable bonds is 1. The average molecular weight is 379 g/mol. The van der Waals surface area contributed by atoms with E-state index < -0.39 is 6.17 Å². The van der Waals surface area contributed by atoms with Crippen molar-refractivity contribution in [3.05, 3.63) is 41.0 Å². The molecular weight excluding hydrogens is 358 g/mol. The highest BCUT2D eigenvalue weighted by molar-refractivity contribution is 5.95. The molecule has 3 aromatic rings. The second kappa shape index (κ2) is 6.05. The number of aromatic nitrogens is 2. The van der Waals surface area contributed by atoms with E-state index >= 15 is 0 Å². The lowest BCUT2D eigenvalue weighted by molar-refractivity contribution is 0.297. The van der Waals surface area contributed by atoms with E-state index in [1.54, 1.807) is 0 Å². The van der Waals surface area contributed by atoms with Gasteiger partial charge in [-0.15, -0.1) is 0 Å². The minimum Gasteiger partial charge on any atom is -0.507 e. The zero-order chi connectivity index (χ0) is 19.4. The summed E-state index contributed by atoms with van der Waals surface area (Å²) in [7, 11) is 0. The standard InChI is InChI=1S/C20H21N5O3/c1-10-6-12(7-11(2)17(10)26)18-23-19(21)24-20-22-13-8-15-16(9-14(13)25(18)20)28-5-3-4-27-15/h6-9,18,26H,3-5H2,1-2H3,(H3,21,22,23,24)/t18-/m1/s1. The van der Waals surface area contributed by atoms with E-state index in [1.165, 1.54) is 0 Å². The van der Waals surface area contributed by atoms with Crippen LogP contribution in [0.5, 0.6) is 17.2 Å². The van der Waals surface area contributed by atoms with Crippen LogP contribution in [0.4, 0.5) is 5.95 Å². The molecule has 144 valence electrons. The number of nitrogens with zero attached hydrogens (tertiary/aromatic N) is 3. The zero-order valence-corrected chi connectivity index (χ0v) is 15.7. The summed E-state index contributed by atoms with van der Waals surface area (Å²) in [6.07, 6.45) is 0.443. The Bertz CT molecular complexity index is 1110. The summed E-state index contributed by atoms with van der Waals surface area (Å²) in [5, 5.41) is 13.2. The highest BCUT2D eigenvalue weighted by Crippen LogP contribution is 2.39. The predicted octanol–water partition coefficient (Wildman–Crippen LogP) is 2.81. The van der Waals surface area contributed by atoms with Crippen LogP contribution in [0, 0.1) is 13.8 Å². The first-order valence-electron chi connectivity index (χ1n) is 9.23. The van der Waals surface area contributed by atoms with E-state index in [-0.39, 0.29) is 0 Å². The number of nitrogens with two attached hydrogens (primary N) is 1. The van der Waals surface area contributed by atoms with E-state index in [9.17, 15) is 5.11 Å². The number of phenols is 1. The Kier molecular flexibility index (Phi) is 3.61. The molecule has 3 heterocycles. The van der Waals surface area contributed by atoms with Crippen molar-refractivity contribution in [3.8, 4) is 17.2 Å². The third-order valence-corrected chi connectivity index (χ3v) is 5.12. The fourth-order valence-corrected chi connectivity index (χ4v) is 3.79. The van der Waals surface area contributed by atoms with Gasteiger partial charge in [0.1, 0.15) is 5.75 Å². The smallest absolute Gasteiger partial charge is 0.212 e. The largest absolute Gasteiger partial charge is 0.507 e. The van der Waals surface area contributed by atoms with Gasteiger partial charge in [-0.2, -0.15) is 0 Å². The van der Waals surface area contributed by atoms with Crippen LogP contribution in [0.1, 0.15) is 29.3 Å². The molecule has 0 spiro atoms. The maximum Gasteiger partial charge on any atom is 0.212 e. The monoisotopic (exact) mass is 379 g/mol. The quantitative estimate of drug-likeness (QED) is 0.600. The van der Waals surface area contributed by atoms with E-state index in [0.717, 1.165) is 34.1 Å². The first-order valence-corrected chi connectivity index (χ1v) is 9.23. The number of anilines is 1. The number of ether oxygens (including phenoxy) is 2. The van der Waals surface area contributed by atoms with Crippen LogP contribution in [-0.4, -0.2) is 33.8 Å². The summed E-state index contributed by atoms with van der Waals surface area (Å²) in [4.78, 5) is 9.30. The number of fused-ring (bicyclic) bond motifs is 4. The molecule has 0 fully saturated rings. The molecular formula is C20H21N5O3. The minimum absolute atomic E-state index is 0.293. The van der Waals surface area contributed by atoms with Gasteiger partial charge in [0.2, 0.25) is 5.95 Å². The number of hydrogen-bond donors (Lipinski definition) is 3. The Hall–Kier alpha value is -3.42. The molecule has 5 rings (SSSR count). The molecule has 0 unspecified atom stereocenters. The second-order valence-electron chi connectivity index (χ2n) is 7.16. The number of aromatic hydroxyl groups is 1. The van der Waals surface area contributed by atoms with E-state index in [0.29, 0.717) is 42.4 Å². The number of benzene rings is 2. The van der Waals surface area contributed by atoms with Crippen LogP contribution < -0.4 is 20.5 Å². The average Bonchev–Trinajstić information content (AvgIpc) is 2.84. The van der Waals surface area contributed by atoms with Crippen LogP contribution in [-0.2, 0) is 0 Å². The summed E-state index contributed by atoms with van der Waals surface area (Å²) in [5.74, 6) is 2.59. The van der Waals surface area contributed by atoms with Crippen LogP contribution in [0.15, 0.2) is 29.3 Å². The molecule has 1 aromatic heterocycles. The van der Waals surface area contributed by atoms with Gasteiger partial charge in [0.05, 0.1) is 24.2 Å². The molecule has 0 aliphatic carbocycles.